The molecule has 0 saturated carbocycles. The SMILES string of the molecule is CCN1CCC(CC(C)S(=O)(=O)O)CC1. The summed E-state index contributed by atoms with van der Waals surface area (Å²) < 4.78 is 30.6. The summed E-state index contributed by atoms with van der Waals surface area (Å²) in [5.41, 5.74) is 0. The van der Waals surface area contributed by atoms with Crippen LogP contribution in [-0.4, -0.2) is 42.8 Å². The number of hydrogen-bond acceptors (Lipinski definition) is 3. The zero-order valence-corrected chi connectivity index (χ0v) is 10.3. The van der Waals surface area contributed by atoms with E-state index in [1.807, 2.05) is 0 Å². The van der Waals surface area contributed by atoms with Gasteiger partial charge >= 0.3 is 0 Å². The molecule has 5 heteroatoms. The Hall–Kier alpha value is -0.130. The van der Waals surface area contributed by atoms with Crippen LogP contribution < -0.4 is 0 Å². The highest BCUT2D eigenvalue weighted by Crippen LogP contribution is 2.23. The van der Waals surface area contributed by atoms with Gasteiger partial charge in [-0.05, 0) is 51.7 Å². The first-order valence-corrected chi connectivity index (χ1v) is 7.12. The Labute approximate surface area is 92.4 Å². The minimum absolute atomic E-state index is 0.449. The maximum Gasteiger partial charge on any atom is 0.267 e. The van der Waals surface area contributed by atoms with Crippen LogP contribution in [-0.2, 0) is 10.1 Å². The molecule has 1 saturated heterocycles. The van der Waals surface area contributed by atoms with Crippen LogP contribution >= 0.6 is 0 Å². The topological polar surface area (TPSA) is 57.6 Å². The van der Waals surface area contributed by atoms with E-state index in [0.29, 0.717) is 12.3 Å². The van der Waals surface area contributed by atoms with Crippen LogP contribution in [0.3, 0.4) is 0 Å². The fourth-order valence-corrected chi connectivity index (χ4v) is 2.64. The summed E-state index contributed by atoms with van der Waals surface area (Å²) in [6, 6.07) is 0. The fraction of sp³-hybridized carbons (Fsp3) is 1.00. The molecule has 0 aromatic heterocycles. The Kier molecular flexibility index (Phi) is 4.55. The first-order chi connectivity index (χ1) is 6.93. The quantitative estimate of drug-likeness (QED) is 0.748. The molecule has 90 valence electrons. The molecule has 1 unspecified atom stereocenters. The second kappa shape index (κ2) is 5.27. The van der Waals surface area contributed by atoms with E-state index in [1.165, 1.54) is 0 Å². The minimum Gasteiger partial charge on any atom is -0.304 e. The number of rotatable bonds is 4. The lowest BCUT2D eigenvalue weighted by Gasteiger charge is -2.31. The van der Waals surface area contributed by atoms with Crippen LogP contribution in [0.2, 0.25) is 0 Å². The number of piperidine rings is 1. The summed E-state index contributed by atoms with van der Waals surface area (Å²) in [6.07, 6.45) is 2.69. The van der Waals surface area contributed by atoms with Crippen molar-refractivity contribution in [3.05, 3.63) is 0 Å². The van der Waals surface area contributed by atoms with Crippen LogP contribution in [0.15, 0.2) is 0 Å². The molecule has 0 bridgehead atoms. The van der Waals surface area contributed by atoms with Gasteiger partial charge in [-0.15, -0.1) is 0 Å². The Balaban J connectivity index is 2.36. The van der Waals surface area contributed by atoms with Crippen LogP contribution in [0.5, 0.6) is 0 Å². The molecule has 1 rings (SSSR count). The summed E-state index contributed by atoms with van der Waals surface area (Å²) in [5, 5.41) is -0.615. The molecule has 0 aromatic rings. The van der Waals surface area contributed by atoms with Gasteiger partial charge in [-0.1, -0.05) is 6.92 Å². The van der Waals surface area contributed by atoms with E-state index >= 15 is 0 Å². The molecule has 1 atom stereocenters. The average Bonchev–Trinajstić information content (AvgIpc) is 2.17. The van der Waals surface area contributed by atoms with Gasteiger partial charge in [0, 0.05) is 0 Å². The molecule has 15 heavy (non-hydrogen) atoms. The van der Waals surface area contributed by atoms with Crippen LogP contribution in [0, 0.1) is 5.92 Å². The highest BCUT2D eigenvalue weighted by molar-refractivity contribution is 7.86. The third-order valence-corrected chi connectivity index (χ3v) is 4.54. The van der Waals surface area contributed by atoms with E-state index in [1.54, 1.807) is 6.92 Å². The standard InChI is InChI=1S/C10H21NO3S/c1-3-11-6-4-10(5-7-11)8-9(2)15(12,13)14/h9-10H,3-8H2,1-2H3,(H,12,13,14). The zero-order valence-electron chi connectivity index (χ0n) is 9.52. The minimum atomic E-state index is -3.83. The maximum atomic E-state index is 10.9. The highest BCUT2D eigenvalue weighted by atomic mass is 32.2. The zero-order chi connectivity index (χ0) is 11.5. The van der Waals surface area contributed by atoms with Crippen LogP contribution in [0.4, 0.5) is 0 Å². The molecular formula is C10H21NO3S. The highest BCUT2D eigenvalue weighted by Gasteiger charge is 2.25. The summed E-state index contributed by atoms with van der Waals surface area (Å²) in [4.78, 5) is 2.37. The van der Waals surface area contributed by atoms with Gasteiger partial charge in [0.05, 0.1) is 5.25 Å². The Morgan fingerprint density at radius 2 is 1.93 bits per heavy atom. The summed E-state index contributed by atoms with van der Waals surface area (Å²) in [7, 11) is -3.83. The first-order valence-electron chi connectivity index (χ1n) is 5.62. The van der Waals surface area contributed by atoms with Crippen molar-refractivity contribution in [1.29, 1.82) is 0 Å². The van der Waals surface area contributed by atoms with E-state index in [-0.39, 0.29) is 0 Å². The van der Waals surface area contributed by atoms with Crippen molar-refractivity contribution in [2.75, 3.05) is 19.6 Å². The number of nitrogens with zero attached hydrogens (tertiary/aromatic N) is 1. The Bertz CT molecular complexity index is 281. The van der Waals surface area contributed by atoms with E-state index in [4.69, 9.17) is 4.55 Å². The third kappa shape index (κ3) is 4.09. The van der Waals surface area contributed by atoms with Gasteiger partial charge in [0.2, 0.25) is 0 Å². The summed E-state index contributed by atoms with van der Waals surface area (Å²) in [5.74, 6) is 0.449. The normalized spacial score (nSPS) is 22.9. The van der Waals surface area contributed by atoms with Gasteiger partial charge in [0.15, 0.2) is 0 Å². The van der Waals surface area contributed by atoms with Crippen LogP contribution in [0.25, 0.3) is 0 Å². The monoisotopic (exact) mass is 235 g/mol. The molecule has 1 heterocycles. The molecule has 1 aliphatic rings. The van der Waals surface area contributed by atoms with Crippen molar-refractivity contribution < 1.29 is 13.0 Å². The molecule has 1 fully saturated rings. The summed E-state index contributed by atoms with van der Waals surface area (Å²) in [6.45, 7) is 6.90. The van der Waals surface area contributed by atoms with E-state index in [9.17, 15) is 8.42 Å². The second-order valence-corrected chi connectivity index (χ2v) is 6.27. The molecule has 0 amide bonds. The number of hydrogen-bond donors (Lipinski definition) is 1. The second-order valence-electron chi connectivity index (χ2n) is 4.44. The lowest BCUT2D eigenvalue weighted by atomic mass is 9.92. The van der Waals surface area contributed by atoms with Crippen molar-refractivity contribution in [3.8, 4) is 0 Å². The van der Waals surface area contributed by atoms with Crippen LogP contribution in [0.1, 0.15) is 33.1 Å². The smallest absolute Gasteiger partial charge is 0.267 e. The largest absolute Gasteiger partial charge is 0.304 e. The van der Waals surface area contributed by atoms with Gasteiger partial charge in [0.1, 0.15) is 0 Å². The molecule has 1 aliphatic heterocycles. The third-order valence-electron chi connectivity index (χ3n) is 3.33. The molecule has 0 spiro atoms. The fourth-order valence-electron chi connectivity index (χ4n) is 2.13. The summed E-state index contributed by atoms with van der Waals surface area (Å²) >= 11 is 0. The predicted octanol–water partition coefficient (Wildman–Crippen LogP) is 1.38. The van der Waals surface area contributed by atoms with Crippen molar-refractivity contribution in [1.82, 2.24) is 4.90 Å². The number of likely N-dealkylation sites (tertiary alicyclic amines) is 1. The van der Waals surface area contributed by atoms with Gasteiger partial charge in [0.25, 0.3) is 10.1 Å². The molecule has 0 aromatic carbocycles. The molecule has 1 N–H and O–H groups in total. The molecule has 0 aliphatic carbocycles. The molecule has 0 radical (unpaired) electrons. The average molecular weight is 235 g/mol. The van der Waals surface area contributed by atoms with Crippen molar-refractivity contribution >= 4 is 10.1 Å². The Morgan fingerprint density at radius 1 is 1.40 bits per heavy atom. The van der Waals surface area contributed by atoms with Crippen molar-refractivity contribution in [2.45, 2.75) is 38.4 Å². The van der Waals surface area contributed by atoms with Gasteiger partial charge in [-0.2, -0.15) is 8.42 Å². The van der Waals surface area contributed by atoms with Crippen molar-refractivity contribution in [3.63, 3.8) is 0 Å². The lowest BCUT2D eigenvalue weighted by Crippen LogP contribution is -2.35. The lowest BCUT2D eigenvalue weighted by molar-refractivity contribution is 0.186. The Morgan fingerprint density at radius 3 is 2.33 bits per heavy atom. The first kappa shape index (κ1) is 12.9. The molecule has 4 nitrogen and oxygen atoms in total. The van der Waals surface area contributed by atoms with Gasteiger partial charge in [-0.3, -0.25) is 4.55 Å². The van der Waals surface area contributed by atoms with E-state index in [0.717, 1.165) is 32.5 Å². The van der Waals surface area contributed by atoms with Gasteiger partial charge in [-0.25, -0.2) is 0 Å². The maximum absolute atomic E-state index is 10.9. The van der Waals surface area contributed by atoms with Gasteiger partial charge < -0.3 is 4.90 Å². The van der Waals surface area contributed by atoms with E-state index < -0.39 is 15.4 Å². The van der Waals surface area contributed by atoms with E-state index in [2.05, 4.69) is 11.8 Å². The predicted molar refractivity (Wildman–Crippen MR) is 60.5 cm³/mol. The molecular weight excluding hydrogens is 214 g/mol. The van der Waals surface area contributed by atoms with Crippen molar-refractivity contribution in [2.24, 2.45) is 5.92 Å².